The lowest BCUT2D eigenvalue weighted by Gasteiger charge is -2.07. The maximum Gasteiger partial charge on any atom is 0.290 e. The zero-order chi connectivity index (χ0) is 16.1. The van der Waals surface area contributed by atoms with Gasteiger partial charge >= 0.3 is 0 Å². The molecule has 7 nitrogen and oxygen atoms in total. The SMILES string of the molecule is CCOc1cccc(/C=N/NC(=O)c2c(Br)cnn2C)c1O. The van der Waals surface area contributed by atoms with Gasteiger partial charge in [0, 0.05) is 12.6 Å². The van der Waals surface area contributed by atoms with Crippen molar-refractivity contribution in [2.45, 2.75) is 6.92 Å². The zero-order valence-electron chi connectivity index (χ0n) is 12.1. The number of rotatable bonds is 5. The number of para-hydroxylation sites is 1. The monoisotopic (exact) mass is 366 g/mol. The molecule has 0 saturated heterocycles. The quantitative estimate of drug-likeness (QED) is 0.625. The van der Waals surface area contributed by atoms with E-state index in [1.807, 2.05) is 6.92 Å². The second-order valence-corrected chi connectivity index (χ2v) is 5.15. The molecule has 0 saturated carbocycles. The van der Waals surface area contributed by atoms with Crippen molar-refractivity contribution >= 4 is 28.1 Å². The minimum atomic E-state index is -0.413. The van der Waals surface area contributed by atoms with Gasteiger partial charge in [0.05, 0.1) is 23.5 Å². The Labute approximate surface area is 135 Å². The Bertz CT molecular complexity index is 693. The summed E-state index contributed by atoms with van der Waals surface area (Å²) in [6.45, 7) is 2.27. The van der Waals surface area contributed by atoms with Crippen LogP contribution in [0.4, 0.5) is 0 Å². The number of benzene rings is 1. The normalized spacial score (nSPS) is 10.9. The third-order valence-corrected chi connectivity index (χ3v) is 3.39. The summed E-state index contributed by atoms with van der Waals surface area (Å²) >= 11 is 3.24. The van der Waals surface area contributed by atoms with Gasteiger partial charge in [-0.1, -0.05) is 6.07 Å². The van der Waals surface area contributed by atoms with Gasteiger partial charge in [-0.2, -0.15) is 10.2 Å². The number of nitrogens with one attached hydrogen (secondary N) is 1. The molecule has 0 bridgehead atoms. The van der Waals surface area contributed by atoms with Crippen molar-refractivity contribution in [3.05, 3.63) is 40.1 Å². The Morgan fingerprint density at radius 1 is 1.59 bits per heavy atom. The van der Waals surface area contributed by atoms with Crippen molar-refractivity contribution in [2.24, 2.45) is 12.1 Å². The van der Waals surface area contributed by atoms with E-state index in [4.69, 9.17) is 4.74 Å². The van der Waals surface area contributed by atoms with Gasteiger partial charge in [-0.15, -0.1) is 0 Å². The molecule has 8 heteroatoms. The number of aromatic hydroxyl groups is 1. The minimum Gasteiger partial charge on any atom is -0.504 e. The second kappa shape index (κ2) is 7.08. The number of hydrogen-bond acceptors (Lipinski definition) is 5. The van der Waals surface area contributed by atoms with Crippen molar-refractivity contribution in [2.75, 3.05) is 6.61 Å². The van der Waals surface area contributed by atoms with E-state index in [0.29, 0.717) is 28.1 Å². The molecule has 1 amide bonds. The van der Waals surface area contributed by atoms with Gasteiger partial charge in [-0.05, 0) is 35.0 Å². The molecule has 0 spiro atoms. The van der Waals surface area contributed by atoms with Crippen molar-refractivity contribution in [3.8, 4) is 11.5 Å². The molecule has 0 radical (unpaired) electrons. The van der Waals surface area contributed by atoms with Crippen LogP contribution >= 0.6 is 15.9 Å². The van der Waals surface area contributed by atoms with E-state index in [-0.39, 0.29) is 5.75 Å². The maximum atomic E-state index is 12.0. The maximum absolute atomic E-state index is 12.0. The molecule has 0 unspecified atom stereocenters. The van der Waals surface area contributed by atoms with Crippen LogP contribution in [0.25, 0.3) is 0 Å². The Kier molecular flexibility index (Phi) is 5.16. The molecular formula is C14H15BrN4O3. The summed E-state index contributed by atoms with van der Waals surface area (Å²) in [6.07, 6.45) is 2.87. The van der Waals surface area contributed by atoms with Gasteiger partial charge in [0.1, 0.15) is 5.69 Å². The van der Waals surface area contributed by atoms with Crippen LogP contribution in [0, 0.1) is 0 Å². The molecule has 0 aliphatic carbocycles. The number of ether oxygens (including phenoxy) is 1. The summed E-state index contributed by atoms with van der Waals surface area (Å²) in [6, 6.07) is 5.04. The van der Waals surface area contributed by atoms with Gasteiger partial charge in [0.25, 0.3) is 5.91 Å². The number of carbonyl (C=O) groups is 1. The lowest BCUT2D eigenvalue weighted by molar-refractivity contribution is 0.0945. The fourth-order valence-corrected chi connectivity index (χ4v) is 2.32. The summed E-state index contributed by atoms with van der Waals surface area (Å²) < 4.78 is 7.28. The first-order valence-corrected chi connectivity index (χ1v) is 7.29. The van der Waals surface area contributed by atoms with Crippen LogP contribution in [-0.4, -0.2) is 33.6 Å². The predicted octanol–water partition coefficient (Wildman–Crippen LogP) is 2.05. The fourth-order valence-electron chi connectivity index (χ4n) is 1.80. The van der Waals surface area contributed by atoms with E-state index in [1.165, 1.54) is 17.1 Å². The number of halogens is 1. The highest BCUT2D eigenvalue weighted by molar-refractivity contribution is 9.10. The zero-order valence-corrected chi connectivity index (χ0v) is 13.7. The molecule has 2 rings (SSSR count). The predicted molar refractivity (Wildman–Crippen MR) is 85.2 cm³/mol. The molecule has 0 fully saturated rings. The lowest BCUT2D eigenvalue weighted by atomic mass is 10.2. The molecule has 22 heavy (non-hydrogen) atoms. The molecule has 1 aromatic heterocycles. The third kappa shape index (κ3) is 3.45. The van der Waals surface area contributed by atoms with E-state index >= 15 is 0 Å². The van der Waals surface area contributed by atoms with Crippen molar-refractivity contribution in [3.63, 3.8) is 0 Å². The Morgan fingerprint density at radius 3 is 3.00 bits per heavy atom. The first-order valence-electron chi connectivity index (χ1n) is 6.50. The summed E-state index contributed by atoms with van der Waals surface area (Å²) in [5.41, 5.74) is 3.17. The van der Waals surface area contributed by atoms with Gasteiger partial charge < -0.3 is 9.84 Å². The first kappa shape index (κ1) is 16.0. The molecule has 0 aliphatic heterocycles. The van der Waals surface area contributed by atoms with Crippen LogP contribution < -0.4 is 10.2 Å². The van der Waals surface area contributed by atoms with Crippen LogP contribution in [0.3, 0.4) is 0 Å². The highest BCUT2D eigenvalue weighted by atomic mass is 79.9. The van der Waals surface area contributed by atoms with Crippen molar-refractivity contribution in [1.82, 2.24) is 15.2 Å². The number of phenols is 1. The van der Waals surface area contributed by atoms with Gasteiger partial charge in [0.2, 0.25) is 0 Å². The number of amides is 1. The van der Waals surface area contributed by atoms with E-state index in [1.54, 1.807) is 25.2 Å². The molecular weight excluding hydrogens is 352 g/mol. The molecule has 116 valence electrons. The van der Waals surface area contributed by atoms with E-state index in [0.717, 1.165) is 0 Å². The van der Waals surface area contributed by atoms with Gasteiger partial charge in [-0.3, -0.25) is 9.48 Å². The highest BCUT2D eigenvalue weighted by Gasteiger charge is 2.14. The highest BCUT2D eigenvalue weighted by Crippen LogP contribution is 2.28. The smallest absolute Gasteiger partial charge is 0.290 e. The molecule has 1 heterocycles. The van der Waals surface area contributed by atoms with Crippen molar-refractivity contribution in [1.29, 1.82) is 0 Å². The van der Waals surface area contributed by atoms with Crippen LogP contribution in [0.1, 0.15) is 23.0 Å². The number of aromatic nitrogens is 2. The standard InChI is InChI=1S/C14H15BrN4O3/c1-3-22-11-6-4-5-9(13(11)20)7-16-18-14(21)12-10(15)8-17-19(12)2/h4-8,20H,3H2,1-2H3,(H,18,21)/b16-7+. The number of hydrogen-bond donors (Lipinski definition) is 2. The van der Waals surface area contributed by atoms with Gasteiger partial charge in [-0.25, -0.2) is 5.43 Å². The summed E-state index contributed by atoms with van der Waals surface area (Å²) in [7, 11) is 1.65. The van der Waals surface area contributed by atoms with E-state index in [9.17, 15) is 9.90 Å². The number of hydrazone groups is 1. The second-order valence-electron chi connectivity index (χ2n) is 4.29. The Hall–Kier alpha value is -2.35. The van der Waals surface area contributed by atoms with E-state index in [2.05, 4.69) is 31.6 Å². The van der Waals surface area contributed by atoms with Crippen LogP contribution in [0.2, 0.25) is 0 Å². The first-order chi connectivity index (χ1) is 10.5. The minimum absolute atomic E-state index is 0.0240. The summed E-state index contributed by atoms with van der Waals surface area (Å²) in [5.74, 6) is -0.0696. The van der Waals surface area contributed by atoms with E-state index < -0.39 is 5.91 Å². The summed E-state index contributed by atoms with van der Waals surface area (Å²) in [5, 5.41) is 17.8. The Balaban J connectivity index is 2.10. The number of phenolic OH excluding ortho intramolecular Hbond substituents is 1. The number of carbonyl (C=O) groups excluding carboxylic acids is 1. The Morgan fingerprint density at radius 2 is 2.36 bits per heavy atom. The molecule has 1 aromatic carbocycles. The lowest BCUT2D eigenvalue weighted by Crippen LogP contribution is -2.21. The molecule has 2 N–H and O–H groups in total. The topological polar surface area (TPSA) is 88.7 Å². The summed E-state index contributed by atoms with van der Waals surface area (Å²) in [4.78, 5) is 12.0. The molecule has 0 aliphatic rings. The number of nitrogens with zero attached hydrogens (tertiary/aromatic N) is 3. The average Bonchev–Trinajstić information content (AvgIpc) is 2.82. The largest absolute Gasteiger partial charge is 0.504 e. The average molecular weight is 367 g/mol. The number of aryl methyl sites for hydroxylation is 1. The molecule has 0 atom stereocenters. The molecule has 2 aromatic rings. The van der Waals surface area contributed by atoms with Crippen LogP contribution in [0.15, 0.2) is 34.0 Å². The van der Waals surface area contributed by atoms with Crippen LogP contribution in [-0.2, 0) is 7.05 Å². The third-order valence-electron chi connectivity index (χ3n) is 2.81. The van der Waals surface area contributed by atoms with Crippen LogP contribution in [0.5, 0.6) is 11.5 Å². The van der Waals surface area contributed by atoms with Gasteiger partial charge in [0.15, 0.2) is 11.5 Å². The van der Waals surface area contributed by atoms with Crippen molar-refractivity contribution < 1.29 is 14.6 Å². The fraction of sp³-hybridized carbons (Fsp3) is 0.214.